The van der Waals surface area contributed by atoms with Gasteiger partial charge < -0.3 is 20.3 Å². The van der Waals surface area contributed by atoms with Crippen LogP contribution in [0, 0.1) is 5.92 Å². The third-order valence-corrected chi connectivity index (χ3v) is 3.92. The minimum Gasteiger partial charge on any atom is -0.504 e. The highest BCUT2D eigenvalue weighted by atomic mass is 16.5. The first-order valence-corrected chi connectivity index (χ1v) is 6.92. The van der Waals surface area contributed by atoms with Crippen LogP contribution in [-0.4, -0.2) is 29.3 Å². The lowest BCUT2D eigenvalue weighted by Gasteiger charge is -2.27. The van der Waals surface area contributed by atoms with Crippen molar-refractivity contribution in [3.05, 3.63) is 23.8 Å². The fourth-order valence-corrected chi connectivity index (χ4v) is 2.64. The van der Waals surface area contributed by atoms with E-state index in [2.05, 4.69) is 5.32 Å². The number of hydrogen-bond donors (Lipinski definition) is 3. The number of aromatic hydroxyl groups is 1. The molecule has 2 rings (SSSR count). The topological polar surface area (TPSA) is 78.8 Å². The predicted octanol–water partition coefficient (Wildman–Crippen LogP) is 2.13. The molecule has 5 heteroatoms. The minimum atomic E-state index is -0.674. The summed E-state index contributed by atoms with van der Waals surface area (Å²) in [4.78, 5) is 10.9. The fourth-order valence-electron chi connectivity index (χ4n) is 2.64. The van der Waals surface area contributed by atoms with Gasteiger partial charge in [0.15, 0.2) is 11.5 Å². The van der Waals surface area contributed by atoms with Gasteiger partial charge in [-0.2, -0.15) is 0 Å². The molecule has 0 radical (unpaired) electrons. The summed E-state index contributed by atoms with van der Waals surface area (Å²) in [5, 5.41) is 21.9. The van der Waals surface area contributed by atoms with Gasteiger partial charge in [0.05, 0.1) is 13.0 Å². The lowest BCUT2D eigenvalue weighted by atomic mass is 9.86. The molecule has 1 saturated carbocycles. The second-order valence-corrected chi connectivity index (χ2v) is 5.27. The first-order chi connectivity index (χ1) is 9.60. The van der Waals surface area contributed by atoms with Crippen LogP contribution in [0.3, 0.4) is 0 Å². The SMILES string of the molecule is COc1cc(CNC2CCC(C(=O)O)CC2)ccc1O. The Morgan fingerprint density at radius 2 is 2.05 bits per heavy atom. The number of methoxy groups -OCH3 is 1. The summed E-state index contributed by atoms with van der Waals surface area (Å²) in [6.07, 6.45) is 3.27. The van der Waals surface area contributed by atoms with E-state index in [1.54, 1.807) is 6.07 Å². The van der Waals surface area contributed by atoms with E-state index >= 15 is 0 Å². The molecule has 5 nitrogen and oxygen atoms in total. The van der Waals surface area contributed by atoms with Crippen LogP contribution in [-0.2, 0) is 11.3 Å². The van der Waals surface area contributed by atoms with Crippen LogP contribution in [0.25, 0.3) is 0 Å². The van der Waals surface area contributed by atoms with E-state index in [-0.39, 0.29) is 11.7 Å². The molecule has 3 N–H and O–H groups in total. The number of carbonyl (C=O) groups is 1. The molecule has 0 bridgehead atoms. The van der Waals surface area contributed by atoms with Crippen molar-refractivity contribution in [2.24, 2.45) is 5.92 Å². The van der Waals surface area contributed by atoms with Gasteiger partial charge in [-0.3, -0.25) is 4.79 Å². The summed E-state index contributed by atoms with van der Waals surface area (Å²) in [7, 11) is 1.53. The number of carboxylic acid groups (broad SMARTS) is 1. The smallest absolute Gasteiger partial charge is 0.306 e. The van der Waals surface area contributed by atoms with Crippen molar-refractivity contribution in [3.63, 3.8) is 0 Å². The van der Waals surface area contributed by atoms with Crippen molar-refractivity contribution in [1.82, 2.24) is 5.32 Å². The van der Waals surface area contributed by atoms with Crippen molar-refractivity contribution in [3.8, 4) is 11.5 Å². The fraction of sp³-hybridized carbons (Fsp3) is 0.533. The molecule has 1 aromatic rings. The van der Waals surface area contributed by atoms with Gasteiger partial charge in [0, 0.05) is 12.6 Å². The molecule has 0 heterocycles. The van der Waals surface area contributed by atoms with Crippen LogP contribution < -0.4 is 10.1 Å². The van der Waals surface area contributed by atoms with Crippen molar-refractivity contribution < 1.29 is 19.7 Å². The highest BCUT2D eigenvalue weighted by molar-refractivity contribution is 5.70. The highest BCUT2D eigenvalue weighted by Gasteiger charge is 2.25. The zero-order valence-electron chi connectivity index (χ0n) is 11.6. The quantitative estimate of drug-likeness (QED) is 0.769. The van der Waals surface area contributed by atoms with E-state index in [1.165, 1.54) is 7.11 Å². The molecule has 1 aromatic carbocycles. The molecular formula is C15H21NO4. The molecule has 20 heavy (non-hydrogen) atoms. The number of benzene rings is 1. The average Bonchev–Trinajstić information content (AvgIpc) is 2.46. The van der Waals surface area contributed by atoms with Gasteiger partial charge >= 0.3 is 5.97 Å². The number of phenols is 1. The molecule has 1 aliphatic rings. The molecule has 0 amide bonds. The van der Waals surface area contributed by atoms with E-state index in [1.807, 2.05) is 12.1 Å². The minimum absolute atomic E-state index is 0.137. The van der Waals surface area contributed by atoms with Crippen molar-refractivity contribution in [1.29, 1.82) is 0 Å². The van der Waals surface area contributed by atoms with E-state index in [0.29, 0.717) is 18.3 Å². The van der Waals surface area contributed by atoms with Gasteiger partial charge in [0.2, 0.25) is 0 Å². The van der Waals surface area contributed by atoms with Gasteiger partial charge in [-0.05, 0) is 43.4 Å². The van der Waals surface area contributed by atoms with E-state index in [4.69, 9.17) is 9.84 Å². The Morgan fingerprint density at radius 1 is 1.35 bits per heavy atom. The molecule has 0 spiro atoms. The van der Waals surface area contributed by atoms with Gasteiger partial charge in [-0.1, -0.05) is 6.07 Å². The Balaban J connectivity index is 1.83. The third kappa shape index (κ3) is 3.63. The summed E-state index contributed by atoms with van der Waals surface area (Å²) < 4.78 is 5.07. The monoisotopic (exact) mass is 279 g/mol. The standard InChI is InChI=1S/C15H21NO4/c1-20-14-8-10(2-7-13(14)17)9-16-12-5-3-11(4-6-12)15(18)19/h2,7-8,11-12,16-17H,3-6,9H2,1H3,(H,18,19). The molecule has 0 aromatic heterocycles. The van der Waals surface area contributed by atoms with E-state index in [9.17, 15) is 9.90 Å². The first-order valence-electron chi connectivity index (χ1n) is 6.92. The Bertz CT molecular complexity index is 467. The third-order valence-electron chi connectivity index (χ3n) is 3.92. The van der Waals surface area contributed by atoms with Crippen molar-refractivity contribution in [2.75, 3.05) is 7.11 Å². The van der Waals surface area contributed by atoms with E-state index in [0.717, 1.165) is 31.2 Å². The summed E-state index contributed by atoms with van der Waals surface area (Å²) in [5.74, 6) is -0.245. The summed E-state index contributed by atoms with van der Waals surface area (Å²) in [6, 6.07) is 5.65. The van der Waals surface area contributed by atoms with Crippen LogP contribution in [0.15, 0.2) is 18.2 Å². The zero-order chi connectivity index (χ0) is 14.5. The number of nitrogens with one attached hydrogen (secondary N) is 1. The highest BCUT2D eigenvalue weighted by Crippen LogP contribution is 2.27. The maximum absolute atomic E-state index is 10.9. The van der Waals surface area contributed by atoms with Crippen LogP contribution in [0.1, 0.15) is 31.2 Å². The molecule has 0 aliphatic heterocycles. The number of rotatable bonds is 5. The van der Waals surface area contributed by atoms with E-state index < -0.39 is 5.97 Å². The Morgan fingerprint density at radius 3 is 2.65 bits per heavy atom. The van der Waals surface area contributed by atoms with Crippen LogP contribution >= 0.6 is 0 Å². The molecule has 1 fully saturated rings. The summed E-state index contributed by atoms with van der Waals surface area (Å²) in [6.45, 7) is 0.693. The number of hydrogen-bond acceptors (Lipinski definition) is 4. The van der Waals surface area contributed by atoms with Gasteiger partial charge in [-0.15, -0.1) is 0 Å². The van der Waals surface area contributed by atoms with Crippen LogP contribution in [0.5, 0.6) is 11.5 Å². The maximum atomic E-state index is 10.9. The molecule has 0 saturated heterocycles. The normalized spacial score (nSPS) is 22.4. The second kappa shape index (κ2) is 6.61. The molecule has 110 valence electrons. The average molecular weight is 279 g/mol. The Labute approximate surface area is 118 Å². The van der Waals surface area contributed by atoms with Gasteiger partial charge in [-0.25, -0.2) is 0 Å². The van der Waals surface area contributed by atoms with Crippen LogP contribution in [0.2, 0.25) is 0 Å². The Kier molecular flexibility index (Phi) is 4.84. The number of aliphatic carboxylic acids is 1. The first kappa shape index (κ1) is 14.7. The van der Waals surface area contributed by atoms with Crippen LogP contribution in [0.4, 0.5) is 0 Å². The number of phenolic OH excluding ortho intramolecular Hbond substituents is 1. The lowest BCUT2D eigenvalue weighted by molar-refractivity contribution is -0.142. The van der Waals surface area contributed by atoms with Gasteiger partial charge in [0.25, 0.3) is 0 Å². The molecule has 0 atom stereocenters. The summed E-state index contributed by atoms with van der Waals surface area (Å²) >= 11 is 0. The largest absolute Gasteiger partial charge is 0.504 e. The Hall–Kier alpha value is -1.75. The zero-order valence-corrected chi connectivity index (χ0v) is 11.6. The predicted molar refractivity (Wildman–Crippen MR) is 74.9 cm³/mol. The molecule has 0 unspecified atom stereocenters. The van der Waals surface area contributed by atoms with Crippen molar-refractivity contribution in [2.45, 2.75) is 38.3 Å². The molecular weight excluding hydrogens is 258 g/mol. The summed E-state index contributed by atoms with van der Waals surface area (Å²) in [5.41, 5.74) is 1.04. The molecule has 1 aliphatic carbocycles. The van der Waals surface area contributed by atoms with Gasteiger partial charge in [0.1, 0.15) is 0 Å². The maximum Gasteiger partial charge on any atom is 0.306 e. The number of ether oxygens (including phenoxy) is 1. The second-order valence-electron chi connectivity index (χ2n) is 5.27. The number of carboxylic acids is 1. The van der Waals surface area contributed by atoms with Crippen molar-refractivity contribution >= 4 is 5.97 Å². The lowest BCUT2D eigenvalue weighted by Crippen LogP contribution is -2.34.